The van der Waals surface area contributed by atoms with Crippen molar-refractivity contribution in [2.75, 3.05) is 0 Å². The third-order valence-electron chi connectivity index (χ3n) is 5.83. The minimum absolute atomic E-state index is 0.0795. The maximum absolute atomic E-state index is 11.6. The molecule has 5 atom stereocenters. The minimum Gasteiger partial charge on any atom is -0.454 e. The van der Waals surface area contributed by atoms with Crippen molar-refractivity contribution in [1.82, 2.24) is 0 Å². The van der Waals surface area contributed by atoms with Crippen LogP contribution in [0.15, 0.2) is 23.3 Å². The maximum Gasteiger partial charge on any atom is 0.334 e. The summed E-state index contributed by atoms with van der Waals surface area (Å²) >= 11 is 0. The van der Waals surface area contributed by atoms with E-state index >= 15 is 0 Å². The first-order valence-electron chi connectivity index (χ1n) is 6.61. The van der Waals surface area contributed by atoms with Crippen molar-refractivity contribution in [2.24, 2.45) is 23.2 Å². The number of carbonyl (C=O) groups is 1. The average Bonchev–Trinajstić information content (AvgIpc) is 2.99. The minimum atomic E-state index is -0.0912. The summed E-state index contributed by atoms with van der Waals surface area (Å²) in [7, 11) is 0. The standard InChI is InChI=1S/C15H18O2/c1-7-9-4-12(9)15(3)6-13-10(5-11(7)15)8(2)14(16)17-13/h9,11-13H,1,4-6H2,2-3H3/t9-,11+,12-,13-,15-/m0/s1. The van der Waals surface area contributed by atoms with Crippen molar-refractivity contribution in [1.29, 1.82) is 0 Å². The van der Waals surface area contributed by atoms with E-state index in [2.05, 4.69) is 13.5 Å². The van der Waals surface area contributed by atoms with Crippen LogP contribution in [0, 0.1) is 23.2 Å². The molecule has 1 heterocycles. The van der Waals surface area contributed by atoms with Gasteiger partial charge in [0.25, 0.3) is 0 Å². The Kier molecular flexibility index (Phi) is 1.56. The van der Waals surface area contributed by atoms with Gasteiger partial charge < -0.3 is 4.74 Å². The van der Waals surface area contributed by atoms with Crippen molar-refractivity contribution in [3.05, 3.63) is 23.3 Å². The SMILES string of the molecule is C=C1[C@H]2CC3=C(C)C(=O)O[C@H]3C[C@]2(C)[C@H]2C[C@@H]12. The van der Waals surface area contributed by atoms with Crippen LogP contribution in [-0.2, 0) is 9.53 Å². The van der Waals surface area contributed by atoms with Crippen molar-refractivity contribution < 1.29 is 9.53 Å². The van der Waals surface area contributed by atoms with Crippen LogP contribution in [0.3, 0.4) is 0 Å². The zero-order valence-electron chi connectivity index (χ0n) is 10.5. The quantitative estimate of drug-likeness (QED) is 0.472. The van der Waals surface area contributed by atoms with Crippen LogP contribution in [0.25, 0.3) is 0 Å². The summed E-state index contributed by atoms with van der Waals surface area (Å²) in [5.74, 6) is 2.11. The van der Waals surface area contributed by atoms with Gasteiger partial charge in [-0.15, -0.1) is 0 Å². The molecular weight excluding hydrogens is 212 g/mol. The monoisotopic (exact) mass is 230 g/mol. The third kappa shape index (κ3) is 1.00. The molecule has 0 radical (unpaired) electrons. The Morgan fingerprint density at radius 3 is 3.00 bits per heavy atom. The molecule has 0 unspecified atom stereocenters. The van der Waals surface area contributed by atoms with E-state index in [1.54, 1.807) is 0 Å². The van der Waals surface area contributed by atoms with Gasteiger partial charge in [0.15, 0.2) is 0 Å². The highest BCUT2D eigenvalue weighted by molar-refractivity contribution is 5.91. The Balaban J connectivity index is 1.77. The van der Waals surface area contributed by atoms with Gasteiger partial charge in [0, 0.05) is 5.57 Å². The van der Waals surface area contributed by atoms with Crippen molar-refractivity contribution in [3.8, 4) is 0 Å². The Morgan fingerprint density at radius 2 is 2.24 bits per heavy atom. The number of hydrogen-bond acceptors (Lipinski definition) is 2. The van der Waals surface area contributed by atoms with E-state index in [1.807, 2.05) is 6.92 Å². The second kappa shape index (κ2) is 2.68. The predicted molar refractivity (Wildman–Crippen MR) is 64.1 cm³/mol. The molecule has 3 saturated carbocycles. The second-order valence-electron chi connectivity index (χ2n) is 6.53. The van der Waals surface area contributed by atoms with Crippen LogP contribution >= 0.6 is 0 Å². The Morgan fingerprint density at radius 1 is 1.47 bits per heavy atom. The Labute approximate surface area is 102 Å². The molecule has 0 aromatic rings. The normalized spacial score (nSPS) is 50.9. The van der Waals surface area contributed by atoms with Crippen molar-refractivity contribution in [3.63, 3.8) is 0 Å². The fourth-order valence-electron chi connectivity index (χ4n) is 4.66. The van der Waals surface area contributed by atoms with Gasteiger partial charge in [0.2, 0.25) is 0 Å². The molecule has 2 heteroatoms. The zero-order chi connectivity index (χ0) is 11.9. The lowest BCUT2D eigenvalue weighted by Crippen LogP contribution is -2.37. The molecule has 4 aliphatic rings. The van der Waals surface area contributed by atoms with E-state index in [0.717, 1.165) is 30.3 Å². The molecule has 17 heavy (non-hydrogen) atoms. The molecule has 0 N–H and O–H groups in total. The van der Waals surface area contributed by atoms with Gasteiger partial charge in [-0.1, -0.05) is 19.1 Å². The van der Waals surface area contributed by atoms with E-state index in [4.69, 9.17) is 4.74 Å². The summed E-state index contributed by atoms with van der Waals surface area (Å²) in [5, 5.41) is 0. The zero-order valence-corrected chi connectivity index (χ0v) is 10.5. The first-order valence-corrected chi connectivity index (χ1v) is 6.61. The third-order valence-corrected chi connectivity index (χ3v) is 5.83. The van der Waals surface area contributed by atoms with E-state index < -0.39 is 0 Å². The molecular formula is C15H18O2. The summed E-state index contributed by atoms with van der Waals surface area (Å²) in [6.45, 7) is 8.62. The smallest absolute Gasteiger partial charge is 0.334 e. The van der Waals surface area contributed by atoms with Gasteiger partial charge in [0.05, 0.1) is 0 Å². The van der Waals surface area contributed by atoms with E-state index in [-0.39, 0.29) is 12.1 Å². The molecule has 3 fully saturated rings. The van der Waals surface area contributed by atoms with Crippen molar-refractivity contribution in [2.45, 2.75) is 39.2 Å². The van der Waals surface area contributed by atoms with Crippen LogP contribution < -0.4 is 0 Å². The fourth-order valence-corrected chi connectivity index (χ4v) is 4.66. The number of ether oxygens (including phenoxy) is 1. The maximum atomic E-state index is 11.6. The largest absolute Gasteiger partial charge is 0.454 e. The van der Waals surface area contributed by atoms with Crippen molar-refractivity contribution >= 4 is 5.97 Å². The molecule has 0 saturated heterocycles. The van der Waals surface area contributed by atoms with Gasteiger partial charge in [0.1, 0.15) is 6.10 Å². The van der Waals surface area contributed by atoms with E-state index in [0.29, 0.717) is 11.3 Å². The number of allylic oxidation sites excluding steroid dienone is 1. The highest BCUT2D eigenvalue weighted by Gasteiger charge is 2.65. The van der Waals surface area contributed by atoms with Gasteiger partial charge in [-0.3, -0.25) is 0 Å². The summed E-state index contributed by atoms with van der Waals surface area (Å²) in [6.07, 6.45) is 3.45. The number of hydrogen-bond donors (Lipinski definition) is 0. The van der Waals surface area contributed by atoms with Gasteiger partial charge in [-0.05, 0) is 54.9 Å². The van der Waals surface area contributed by atoms with Crippen LogP contribution in [0.4, 0.5) is 0 Å². The van der Waals surface area contributed by atoms with E-state index in [1.165, 1.54) is 17.6 Å². The number of carbonyl (C=O) groups excluding carboxylic acids is 1. The van der Waals surface area contributed by atoms with Gasteiger partial charge in [-0.2, -0.15) is 0 Å². The fraction of sp³-hybridized carbons (Fsp3) is 0.667. The van der Waals surface area contributed by atoms with Crippen LogP contribution in [0.2, 0.25) is 0 Å². The molecule has 0 bridgehead atoms. The lowest BCUT2D eigenvalue weighted by molar-refractivity contribution is -0.141. The number of esters is 1. The molecule has 3 aliphatic carbocycles. The molecule has 1 aliphatic heterocycles. The molecule has 4 rings (SSSR count). The molecule has 2 nitrogen and oxygen atoms in total. The van der Waals surface area contributed by atoms with Crippen LogP contribution in [0.5, 0.6) is 0 Å². The Bertz CT molecular complexity index is 487. The molecule has 0 aromatic carbocycles. The van der Waals surface area contributed by atoms with Crippen LogP contribution in [0.1, 0.15) is 33.1 Å². The summed E-state index contributed by atoms with van der Waals surface area (Å²) in [5.41, 5.74) is 3.93. The lowest BCUT2D eigenvalue weighted by Gasteiger charge is -2.42. The van der Waals surface area contributed by atoms with E-state index in [9.17, 15) is 4.79 Å². The molecule has 90 valence electrons. The lowest BCUT2D eigenvalue weighted by atomic mass is 9.63. The first-order chi connectivity index (χ1) is 8.02. The second-order valence-corrected chi connectivity index (χ2v) is 6.53. The highest BCUT2D eigenvalue weighted by Crippen LogP contribution is 2.71. The summed E-state index contributed by atoms with van der Waals surface area (Å²) < 4.78 is 5.51. The summed E-state index contributed by atoms with van der Waals surface area (Å²) in [4.78, 5) is 11.6. The number of fused-ring (bicyclic) bond motifs is 4. The molecule has 0 amide bonds. The number of rotatable bonds is 0. The topological polar surface area (TPSA) is 26.3 Å². The van der Waals surface area contributed by atoms with Gasteiger partial charge >= 0.3 is 5.97 Å². The van der Waals surface area contributed by atoms with Crippen LogP contribution in [-0.4, -0.2) is 12.1 Å². The first kappa shape index (κ1) is 9.93. The average molecular weight is 230 g/mol. The molecule has 0 aromatic heterocycles. The highest BCUT2D eigenvalue weighted by atomic mass is 16.5. The molecule has 0 spiro atoms. The predicted octanol–water partition coefficient (Wildman–Crippen LogP) is 2.85. The van der Waals surface area contributed by atoms with Gasteiger partial charge in [-0.25, -0.2) is 4.79 Å². The Hall–Kier alpha value is -1.05. The summed E-state index contributed by atoms with van der Waals surface area (Å²) in [6, 6.07) is 0.